The van der Waals surface area contributed by atoms with Gasteiger partial charge in [0.1, 0.15) is 0 Å². The molecule has 0 rings (SSSR count). The molecule has 1 unspecified atom stereocenters. The lowest BCUT2D eigenvalue weighted by Crippen LogP contribution is -2.42. The van der Waals surface area contributed by atoms with Crippen LogP contribution in [0.1, 0.15) is 47.0 Å². The van der Waals surface area contributed by atoms with Gasteiger partial charge in [0.25, 0.3) is 0 Å². The van der Waals surface area contributed by atoms with Crippen molar-refractivity contribution in [1.82, 2.24) is 5.32 Å². The van der Waals surface area contributed by atoms with Gasteiger partial charge in [-0.25, -0.2) is 0 Å². The van der Waals surface area contributed by atoms with Gasteiger partial charge >= 0.3 is 5.97 Å². The fourth-order valence-electron chi connectivity index (χ4n) is 1.44. The number of ether oxygens (including phenoxy) is 1. The molecule has 0 bridgehead atoms. The third kappa shape index (κ3) is 6.50. The molecule has 0 saturated carbocycles. The summed E-state index contributed by atoms with van der Waals surface area (Å²) in [5.74, 6) is 0.554. The van der Waals surface area contributed by atoms with Gasteiger partial charge in [-0.05, 0) is 39.7 Å². The Hall–Kier alpha value is -0.570. The molecule has 0 aromatic carbocycles. The fourth-order valence-corrected chi connectivity index (χ4v) is 1.44. The minimum Gasteiger partial charge on any atom is -0.466 e. The van der Waals surface area contributed by atoms with Gasteiger partial charge in [-0.2, -0.15) is 0 Å². The van der Waals surface area contributed by atoms with E-state index in [1.807, 2.05) is 14.0 Å². The van der Waals surface area contributed by atoms with Crippen LogP contribution in [0.2, 0.25) is 0 Å². The molecule has 1 atom stereocenters. The summed E-state index contributed by atoms with van der Waals surface area (Å²) in [6, 6.07) is 0. The number of rotatable bonds is 7. The lowest BCUT2D eigenvalue weighted by molar-refractivity contribution is -0.144. The second-order valence-electron chi connectivity index (χ2n) is 4.72. The third-order valence-corrected chi connectivity index (χ3v) is 2.72. The molecule has 0 aliphatic carbocycles. The number of esters is 1. The molecule has 0 saturated heterocycles. The number of carbonyl (C=O) groups is 1. The normalized spacial score (nSPS) is 15.1. The van der Waals surface area contributed by atoms with Gasteiger partial charge in [-0.3, -0.25) is 4.79 Å². The van der Waals surface area contributed by atoms with Crippen molar-refractivity contribution in [2.45, 2.75) is 52.5 Å². The molecule has 0 spiro atoms. The molecule has 0 aromatic heterocycles. The Morgan fingerprint density at radius 1 is 1.47 bits per heavy atom. The van der Waals surface area contributed by atoms with E-state index in [1.165, 1.54) is 0 Å². The molecule has 0 fully saturated rings. The molecule has 3 heteroatoms. The maximum Gasteiger partial charge on any atom is 0.307 e. The monoisotopic (exact) mass is 215 g/mol. The third-order valence-electron chi connectivity index (χ3n) is 2.72. The quantitative estimate of drug-likeness (QED) is 0.662. The van der Waals surface area contributed by atoms with Crippen molar-refractivity contribution < 1.29 is 9.53 Å². The Bertz CT molecular complexity index is 192. The maximum atomic E-state index is 11.4. The average Bonchev–Trinajstić information content (AvgIpc) is 2.15. The molecule has 3 nitrogen and oxygen atoms in total. The van der Waals surface area contributed by atoms with Crippen LogP contribution < -0.4 is 5.32 Å². The first kappa shape index (κ1) is 14.4. The van der Waals surface area contributed by atoms with E-state index in [4.69, 9.17) is 4.74 Å². The highest BCUT2D eigenvalue weighted by Gasteiger charge is 2.26. The molecule has 0 aliphatic heterocycles. The zero-order chi connectivity index (χ0) is 11.9. The molecule has 0 aliphatic rings. The van der Waals surface area contributed by atoms with Gasteiger partial charge in [-0.1, -0.05) is 13.8 Å². The molecule has 15 heavy (non-hydrogen) atoms. The van der Waals surface area contributed by atoms with Crippen molar-refractivity contribution in [2.75, 3.05) is 13.7 Å². The smallest absolute Gasteiger partial charge is 0.307 e. The van der Waals surface area contributed by atoms with Gasteiger partial charge in [0.2, 0.25) is 0 Å². The zero-order valence-electron chi connectivity index (χ0n) is 10.7. The van der Waals surface area contributed by atoms with E-state index in [9.17, 15) is 4.79 Å². The highest BCUT2D eigenvalue weighted by atomic mass is 16.5. The van der Waals surface area contributed by atoms with Gasteiger partial charge in [-0.15, -0.1) is 0 Å². The maximum absolute atomic E-state index is 11.4. The summed E-state index contributed by atoms with van der Waals surface area (Å²) in [5.41, 5.74) is -0.128. The number of nitrogens with one attached hydrogen (secondary N) is 1. The zero-order valence-corrected chi connectivity index (χ0v) is 10.7. The summed E-state index contributed by atoms with van der Waals surface area (Å²) in [6.07, 6.45) is 2.57. The highest BCUT2D eigenvalue weighted by Crippen LogP contribution is 2.20. The first-order chi connectivity index (χ1) is 6.93. The van der Waals surface area contributed by atoms with E-state index >= 15 is 0 Å². The Morgan fingerprint density at radius 3 is 2.47 bits per heavy atom. The summed E-state index contributed by atoms with van der Waals surface area (Å²) < 4.78 is 4.97. The molecular weight excluding hydrogens is 190 g/mol. The molecule has 90 valence electrons. The Kier molecular flexibility index (Phi) is 6.57. The van der Waals surface area contributed by atoms with E-state index in [2.05, 4.69) is 26.1 Å². The Balaban J connectivity index is 4.11. The largest absolute Gasteiger partial charge is 0.466 e. The minimum atomic E-state index is -0.128. The van der Waals surface area contributed by atoms with Crippen molar-refractivity contribution >= 4 is 5.97 Å². The molecule has 0 amide bonds. The van der Waals surface area contributed by atoms with Crippen molar-refractivity contribution in [3.8, 4) is 0 Å². The predicted molar refractivity (Wildman–Crippen MR) is 62.8 cm³/mol. The lowest BCUT2D eigenvalue weighted by Gasteiger charge is -2.29. The van der Waals surface area contributed by atoms with Crippen LogP contribution in [-0.4, -0.2) is 25.2 Å². The highest BCUT2D eigenvalue weighted by molar-refractivity contribution is 5.70. The van der Waals surface area contributed by atoms with E-state index < -0.39 is 0 Å². The molecule has 0 heterocycles. The summed E-state index contributed by atoms with van der Waals surface area (Å²) in [7, 11) is 1.90. The van der Waals surface area contributed by atoms with E-state index in [0.717, 1.165) is 12.8 Å². The van der Waals surface area contributed by atoms with Crippen LogP contribution in [0.3, 0.4) is 0 Å². The number of carbonyl (C=O) groups excluding carboxylic acids is 1. The van der Waals surface area contributed by atoms with Crippen LogP contribution in [-0.2, 0) is 9.53 Å². The molecule has 1 N–H and O–H groups in total. The van der Waals surface area contributed by atoms with Crippen LogP contribution in [0.5, 0.6) is 0 Å². The Morgan fingerprint density at radius 2 is 2.07 bits per heavy atom. The van der Waals surface area contributed by atoms with Crippen LogP contribution in [0, 0.1) is 5.92 Å². The van der Waals surface area contributed by atoms with Crippen molar-refractivity contribution in [1.29, 1.82) is 0 Å². The molecular formula is C12H25NO2. The van der Waals surface area contributed by atoms with Crippen LogP contribution >= 0.6 is 0 Å². The summed E-state index contributed by atoms with van der Waals surface area (Å²) in [5, 5.41) is 3.22. The van der Waals surface area contributed by atoms with Crippen molar-refractivity contribution in [3.63, 3.8) is 0 Å². The lowest BCUT2D eigenvalue weighted by atomic mass is 9.89. The van der Waals surface area contributed by atoms with E-state index in [-0.39, 0.29) is 11.5 Å². The summed E-state index contributed by atoms with van der Waals surface area (Å²) in [4.78, 5) is 11.4. The van der Waals surface area contributed by atoms with Crippen LogP contribution in [0.15, 0.2) is 0 Å². The summed E-state index contributed by atoms with van der Waals surface area (Å²) in [6.45, 7) is 8.76. The number of hydrogen-bond donors (Lipinski definition) is 1. The minimum absolute atomic E-state index is 0.113. The first-order valence-electron chi connectivity index (χ1n) is 5.78. The predicted octanol–water partition coefficient (Wildman–Crippen LogP) is 2.35. The van der Waals surface area contributed by atoms with Crippen LogP contribution in [0.4, 0.5) is 0 Å². The van der Waals surface area contributed by atoms with Crippen molar-refractivity contribution in [2.24, 2.45) is 5.92 Å². The number of hydrogen-bond acceptors (Lipinski definition) is 3. The molecule has 0 radical (unpaired) electrons. The second kappa shape index (κ2) is 6.83. The van der Waals surface area contributed by atoms with Gasteiger partial charge in [0, 0.05) is 5.54 Å². The second-order valence-corrected chi connectivity index (χ2v) is 4.72. The van der Waals surface area contributed by atoms with Gasteiger partial charge in [0.15, 0.2) is 0 Å². The van der Waals surface area contributed by atoms with Crippen molar-refractivity contribution in [3.05, 3.63) is 0 Å². The standard InChI is InChI=1S/C12H25NO2/c1-6-15-11(14)9-12(4,13-5)8-7-10(2)3/h10,13H,6-9H2,1-5H3. The summed E-state index contributed by atoms with van der Waals surface area (Å²) >= 11 is 0. The van der Waals surface area contributed by atoms with Gasteiger partial charge in [0.05, 0.1) is 13.0 Å². The van der Waals surface area contributed by atoms with E-state index in [1.54, 1.807) is 0 Å². The van der Waals surface area contributed by atoms with E-state index in [0.29, 0.717) is 18.9 Å². The first-order valence-corrected chi connectivity index (χ1v) is 5.78. The molecule has 0 aromatic rings. The Labute approximate surface area is 93.6 Å². The van der Waals surface area contributed by atoms with Gasteiger partial charge < -0.3 is 10.1 Å². The average molecular weight is 215 g/mol. The van der Waals surface area contributed by atoms with Crippen LogP contribution in [0.25, 0.3) is 0 Å². The topological polar surface area (TPSA) is 38.3 Å². The fraction of sp³-hybridized carbons (Fsp3) is 0.917. The SMILES string of the molecule is CCOC(=O)CC(C)(CCC(C)C)NC.